The van der Waals surface area contributed by atoms with E-state index in [0.717, 1.165) is 5.56 Å². The quantitative estimate of drug-likeness (QED) is 0.405. The third-order valence-corrected chi connectivity index (χ3v) is 3.68. The van der Waals surface area contributed by atoms with Gasteiger partial charge >= 0.3 is 0 Å². The van der Waals surface area contributed by atoms with E-state index in [2.05, 4.69) is 10.6 Å². The minimum atomic E-state index is -0.446. The Hall–Kier alpha value is -3.29. The zero-order valence-electron chi connectivity index (χ0n) is 14.7. The van der Waals surface area contributed by atoms with Gasteiger partial charge in [0.05, 0.1) is 25.6 Å². The lowest BCUT2D eigenvalue weighted by atomic mass is 10.1. The SMILES string of the molecule is COc1ccc(CC(=O)NCCNc2ccccc2[N+](=O)[O-])cc1OC. The van der Waals surface area contributed by atoms with E-state index in [-0.39, 0.29) is 18.0 Å². The van der Waals surface area contributed by atoms with Crippen LogP contribution in [0, 0.1) is 10.1 Å². The second-order valence-electron chi connectivity index (χ2n) is 5.42. The van der Waals surface area contributed by atoms with Crippen LogP contribution in [-0.4, -0.2) is 38.1 Å². The predicted octanol–water partition coefficient (Wildman–Crippen LogP) is 2.38. The molecule has 0 aromatic heterocycles. The van der Waals surface area contributed by atoms with Crippen molar-refractivity contribution in [3.8, 4) is 11.5 Å². The van der Waals surface area contributed by atoms with Crippen molar-refractivity contribution in [1.82, 2.24) is 5.32 Å². The molecule has 2 N–H and O–H groups in total. The van der Waals surface area contributed by atoms with E-state index in [1.165, 1.54) is 13.2 Å². The minimum Gasteiger partial charge on any atom is -0.493 e. The lowest BCUT2D eigenvalue weighted by Crippen LogP contribution is -2.30. The molecule has 0 saturated heterocycles. The molecule has 2 aromatic rings. The van der Waals surface area contributed by atoms with Gasteiger partial charge in [0.2, 0.25) is 5.91 Å². The van der Waals surface area contributed by atoms with Crippen molar-refractivity contribution < 1.29 is 19.2 Å². The van der Waals surface area contributed by atoms with E-state index >= 15 is 0 Å². The highest BCUT2D eigenvalue weighted by Crippen LogP contribution is 2.27. The number of ether oxygens (including phenoxy) is 2. The Kier molecular flexibility index (Phi) is 6.78. The number of amides is 1. The van der Waals surface area contributed by atoms with E-state index in [1.807, 2.05) is 0 Å². The summed E-state index contributed by atoms with van der Waals surface area (Å²) in [4.78, 5) is 22.5. The molecule has 0 aliphatic heterocycles. The Morgan fingerprint density at radius 2 is 1.81 bits per heavy atom. The van der Waals surface area contributed by atoms with Crippen LogP contribution in [0.3, 0.4) is 0 Å². The van der Waals surface area contributed by atoms with Gasteiger partial charge in [0.1, 0.15) is 5.69 Å². The van der Waals surface area contributed by atoms with Gasteiger partial charge in [-0.25, -0.2) is 0 Å². The summed E-state index contributed by atoms with van der Waals surface area (Å²) in [5.74, 6) is 1.02. The van der Waals surface area contributed by atoms with Crippen LogP contribution in [0.5, 0.6) is 11.5 Å². The lowest BCUT2D eigenvalue weighted by molar-refractivity contribution is -0.384. The topological polar surface area (TPSA) is 103 Å². The van der Waals surface area contributed by atoms with Crippen molar-refractivity contribution in [2.75, 3.05) is 32.6 Å². The standard InChI is InChI=1S/C18H21N3O5/c1-25-16-8-7-13(11-17(16)26-2)12-18(22)20-10-9-19-14-5-3-4-6-15(14)21(23)24/h3-8,11,19H,9-10,12H2,1-2H3,(H,20,22). The smallest absolute Gasteiger partial charge is 0.292 e. The number of nitrogens with zero attached hydrogens (tertiary/aromatic N) is 1. The molecule has 0 bridgehead atoms. The molecule has 0 atom stereocenters. The monoisotopic (exact) mass is 359 g/mol. The summed E-state index contributed by atoms with van der Waals surface area (Å²) in [6, 6.07) is 11.7. The second-order valence-corrected chi connectivity index (χ2v) is 5.42. The number of carbonyl (C=O) groups is 1. The highest BCUT2D eigenvalue weighted by molar-refractivity contribution is 5.78. The summed E-state index contributed by atoms with van der Waals surface area (Å²) in [7, 11) is 3.09. The number of nitro groups is 1. The van der Waals surface area contributed by atoms with Crippen LogP contribution in [0.1, 0.15) is 5.56 Å². The molecule has 8 nitrogen and oxygen atoms in total. The van der Waals surface area contributed by atoms with Gasteiger partial charge in [-0.05, 0) is 23.8 Å². The molecule has 0 spiro atoms. The highest BCUT2D eigenvalue weighted by atomic mass is 16.6. The predicted molar refractivity (Wildman–Crippen MR) is 97.8 cm³/mol. The summed E-state index contributed by atoms with van der Waals surface area (Å²) in [5.41, 5.74) is 1.22. The molecule has 0 radical (unpaired) electrons. The second kappa shape index (κ2) is 9.26. The molecule has 0 aliphatic carbocycles. The summed E-state index contributed by atoms with van der Waals surface area (Å²) in [6.07, 6.45) is 0.200. The first kappa shape index (κ1) is 19.0. The molecule has 8 heteroatoms. The molecule has 26 heavy (non-hydrogen) atoms. The Bertz CT molecular complexity index is 779. The van der Waals surface area contributed by atoms with E-state index < -0.39 is 4.92 Å². The van der Waals surface area contributed by atoms with Gasteiger partial charge in [-0.3, -0.25) is 14.9 Å². The highest BCUT2D eigenvalue weighted by Gasteiger charge is 2.12. The summed E-state index contributed by atoms with van der Waals surface area (Å²) >= 11 is 0. The minimum absolute atomic E-state index is 0.00385. The Labute approximate surface area is 151 Å². The van der Waals surface area contributed by atoms with Gasteiger partial charge in [0.25, 0.3) is 5.69 Å². The molecule has 0 heterocycles. The number of hydrogen-bond acceptors (Lipinski definition) is 6. The summed E-state index contributed by atoms with van der Waals surface area (Å²) in [5, 5.41) is 16.7. The molecule has 0 aliphatic rings. The molecule has 0 fully saturated rings. The zero-order chi connectivity index (χ0) is 18.9. The van der Waals surface area contributed by atoms with Gasteiger partial charge in [-0.1, -0.05) is 18.2 Å². The zero-order valence-corrected chi connectivity index (χ0v) is 14.7. The fourth-order valence-corrected chi connectivity index (χ4v) is 2.42. The lowest BCUT2D eigenvalue weighted by Gasteiger charge is -2.10. The molecule has 2 rings (SSSR count). The van der Waals surface area contributed by atoms with Crippen LogP contribution < -0.4 is 20.1 Å². The number of nitrogens with one attached hydrogen (secondary N) is 2. The number of hydrogen-bond donors (Lipinski definition) is 2. The van der Waals surface area contributed by atoms with Crippen molar-refractivity contribution in [3.63, 3.8) is 0 Å². The van der Waals surface area contributed by atoms with E-state index in [1.54, 1.807) is 43.5 Å². The van der Waals surface area contributed by atoms with E-state index in [4.69, 9.17) is 9.47 Å². The molecule has 0 saturated carbocycles. The van der Waals surface area contributed by atoms with Crippen LogP contribution in [0.15, 0.2) is 42.5 Å². The number of rotatable bonds is 9. The normalized spacial score (nSPS) is 10.1. The van der Waals surface area contributed by atoms with Crippen molar-refractivity contribution >= 4 is 17.3 Å². The van der Waals surface area contributed by atoms with Crippen LogP contribution in [0.4, 0.5) is 11.4 Å². The maximum atomic E-state index is 12.0. The Balaban J connectivity index is 1.82. The number of para-hydroxylation sites is 2. The largest absolute Gasteiger partial charge is 0.493 e. The molecule has 138 valence electrons. The number of nitro benzene ring substituents is 1. The van der Waals surface area contributed by atoms with Crippen LogP contribution >= 0.6 is 0 Å². The fourth-order valence-electron chi connectivity index (χ4n) is 2.42. The van der Waals surface area contributed by atoms with Crippen LogP contribution in [0.2, 0.25) is 0 Å². The average Bonchev–Trinajstić information content (AvgIpc) is 2.65. The van der Waals surface area contributed by atoms with Crippen molar-refractivity contribution in [2.24, 2.45) is 0 Å². The van der Waals surface area contributed by atoms with Crippen molar-refractivity contribution in [3.05, 3.63) is 58.1 Å². The first-order valence-corrected chi connectivity index (χ1v) is 8.00. The van der Waals surface area contributed by atoms with Crippen molar-refractivity contribution in [2.45, 2.75) is 6.42 Å². The van der Waals surface area contributed by atoms with Crippen molar-refractivity contribution in [1.29, 1.82) is 0 Å². The molecule has 0 unspecified atom stereocenters. The molecular formula is C18H21N3O5. The van der Waals surface area contributed by atoms with Gasteiger partial charge in [0.15, 0.2) is 11.5 Å². The fraction of sp³-hybridized carbons (Fsp3) is 0.278. The number of carbonyl (C=O) groups excluding carboxylic acids is 1. The van der Waals surface area contributed by atoms with Gasteiger partial charge < -0.3 is 20.1 Å². The van der Waals surface area contributed by atoms with Gasteiger partial charge in [-0.2, -0.15) is 0 Å². The Morgan fingerprint density at radius 1 is 1.08 bits per heavy atom. The van der Waals surface area contributed by atoms with E-state index in [9.17, 15) is 14.9 Å². The summed E-state index contributed by atoms with van der Waals surface area (Å²) in [6.45, 7) is 0.723. The number of benzene rings is 2. The van der Waals surface area contributed by atoms with Crippen LogP contribution in [-0.2, 0) is 11.2 Å². The van der Waals surface area contributed by atoms with E-state index in [0.29, 0.717) is 30.3 Å². The first-order valence-electron chi connectivity index (χ1n) is 8.00. The maximum Gasteiger partial charge on any atom is 0.292 e. The molecular weight excluding hydrogens is 338 g/mol. The molecule has 2 aromatic carbocycles. The number of methoxy groups -OCH3 is 2. The first-order chi connectivity index (χ1) is 12.5. The Morgan fingerprint density at radius 3 is 2.50 bits per heavy atom. The summed E-state index contributed by atoms with van der Waals surface area (Å²) < 4.78 is 10.4. The van der Waals surface area contributed by atoms with Gasteiger partial charge in [0, 0.05) is 19.2 Å². The molecule has 1 amide bonds. The van der Waals surface area contributed by atoms with Crippen LogP contribution in [0.25, 0.3) is 0 Å². The van der Waals surface area contributed by atoms with Gasteiger partial charge in [-0.15, -0.1) is 0 Å². The average molecular weight is 359 g/mol. The maximum absolute atomic E-state index is 12.0. The third-order valence-electron chi connectivity index (χ3n) is 3.68. The number of anilines is 1. The third kappa shape index (κ3) is 5.10.